The van der Waals surface area contributed by atoms with Crippen LogP contribution in [0.4, 0.5) is 0 Å². The third-order valence-corrected chi connectivity index (χ3v) is 3.86. The van der Waals surface area contributed by atoms with Crippen LogP contribution in [-0.4, -0.2) is 53.0 Å². The minimum atomic E-state index is -0.288. The van der Waals surface area contributed by atoms with Crippen molar-refractivity contribution in [3.05, 3.63) is 23.8 Å². The zero-order valence-electron chi connectivity index (χ0n) is 11.5. The van der Waals surface area contributed by atoms with Crippen LogP contribution in [-0.2, 0) is 0 Å². The smallest absolute Gasteiger partial charge is 0.0581 e. The molecule has 4 heteroatoms. The van der Waals surface area contributed by atoms with Gasteiger partial charge in [0.15, 0.2) is 0 Å². The largest absolute Gasteiger partial charge is 0.395 e. The second kappa shape index (κ2) is 7.04. The van der Waals surface area contributed by atoms with Gasteiger partial charge in [-0.25, -0.2) is 0 Å². The van der Waals surface area contributed by atoms with Crippen molar-refractivity contribution in [2.75, 3.05) is 26.3 Å². The van der Waals surface area contributed by atoms with E-state index >= 15 is 0 Å². The van der Waals surface area contributed by atoms with Crippen LogP contribution in [0.15, 0.2) is 23.8 Å². The van der Waals surface area contributed by atoms with Gasteiger partial charge in [-0.05, 0) is 12.8 Å². The van der Waals surface area contributed by atoms with Crippen LogP contribution < -0.4 is 5.73 Å². The Bertz CT molecular complexity index is 309. The van der Waals surface area contributed by atoms with Crippen molar-refractivity contribution in [2.45, 2.75) is 38.3 Å². The Kier molecular flexibility index (Phi) is 6.02. The quantitative estimate of drug-likeness (QED) is 0.624. The van der Waals surface area contributed by atoms with Crippen molar-refractivity contribution in [3.8, 4) is 0 Å². The summed E-state index contributed by atoms with van der Waals surface area (Å²) in [7, 11) is 0. The summed E-state index contributed by atoms with van der Waals surface area (Å²) < 4.78 is 0. The first-order chi connectivity index (χ1) is 8.64. The normalized spacial score (nSPS) is 27.7. The topological polar surface area (TPSA) is 69.7 Å². The van der Waals surface area contributed by atoms with Gasteiger partial charge in [0.25, 0.3) is 0 Å². The molecule has 0 aromatic carbocycles. The van der Waals surface area contributed by atoms with E-state index in [9.17, 15) is 10.2 Å². The van der Waals surface area contributed by atoms with Gasteiger partial charge < -0.3 is 15.9 Å². The molecule has 1 rings (SSSR count). The Morgan fingerprint density at radius 3 is 2.28 bits per heavy atom. The van der Waals surface area contributed by atoms with Gasteiger partial charge in [0.05, 0.1) is 18.8 Å². The molecule has 1 aliphatic carbocycles. The minimum Gasteiger partial charge on any atom is -0.395 e. The van der Waals surface area contributed by atoms with Gasteiger partial charge >= 0.3 is 0 Å². The fourth-order valence-electron chi connectivity index (χ4n) is 2.69. The Hall–Kier alpha value is -0.680. The van der Waals surface area contributed by atoms with E-state index < -0.39 is 0 Å². The summed E-state index contributed by atoms with van der Waals surface area (Å²) in [6.07, 6.45) is 8.20. The van der Waals surface area contributed by atoms with E-state index in [-0.39, 0.29) is 24.8 Å². The number of allylic oxidation sites excluding steroid dienone is 2. The molecule has 0 radical (unpaired) electrons. The average molecular weight is 254 g/mol. The van der Waals surface area contributed by atoms with Crippen molar-refractivity contribution in [1.29, 1.82) is 0 Å². The van der Waals surface area contributed by atoms with Gasteiger partial charge in [-0.3, -0.25) is 4.90 Å². The van der Waals surface area contributed by atoms with Gasteiger partial charge in [-0.1, -0.05) is 37.6 Å². The Labute approximate surface area is 110 Å². The third-order valence-electron chi connectivity index (χ3n) is 3.86. The summed E-state index contributed by atoms with van der Waals surface area (Å²) >= 11 is 0. The zero-order chi connectivity index (χ0) is 13.6. The predicted octanol–water partition coefficient (Wildman–Crippen LogP) is 0.655. The van der Waals surface area contributed by atoms with Crippen molar-refractivity contribution in [2.24, 2.45) is 5.73 Å². The molecule has 4 N–H and O–H groups in total. The van der Waals surface area contributed by atoms with Crippen molar-refractivity contribution in [3.63, 3.8) is 0 Å². The van der Waals surface area contributed by atoms with Gasteiger partial charge in [0.1, 0.15) is 0 Å². The highest BCUT2D eigenvalue weighted by Crippen LogP contribution is 2.30. The number of nitrogens with zero attached hydrogens (tertiary/aromatic N) is 1. The lowest BCUT2D eigenvalue weighted by Gasteiger charge is -2.46. The molecule has 0 saturated carbocycles. The summed E-state index contributed by atoms with van der Waals surface area (Å²) in [4.78, 5) is 2.08. The van der Waals surface area contributed by atoms with Gasteiger partial charge in [-0.2, -0.15) is 0 Å². The monoisotopic (exact) mass is 254 g/mol. The van der Waals surface area contributed by atoms with Crippen LogP contribution in [0.2, 0.25) is 0 Å². The standard InChI is InChI=1S/C14H26N2O2/c1-3-12-5-6-14(4-2,13(15)11-12)16(7-9-17)8-10-18/h5-6,11,13,17-18H,3-4,7-10,15H2,1-2H3. The Morgan fingerprint density at radius 2 is 1.89 bits per heavy atom. The van der Waals surface area contributed by atoms with E-state index in [2.05, 4.69) is 37.0 Å². The highest BCUT2D eigenvalue weighted by Gasteiger charge is 2.38. The highest BCUT2D eigenvalue weighted by molar-refractivity contribution is 5.34. The molecule has 0 saturated heterocycles. The predicted molar refractivity (Wildman–Crippen MR) is 74.3 cm³/mol. The second-order valence-electron chi connectivity index (χ2n) is 4.73. The van der Waals surface area contributed by atoms with Gasteiger partial charge in [0.2, 0.25) is 0 Å². The molecule has 0 fully saturated rings. The summed E-state index contributed by atoms with van der Waals surface area (Å²) in [5, 5.41) is 18.4. The molecule has 0 aromatic heterocycles. The van der Waals surface area contributed by atoms with Crippen molar-refractivity contribution < 1.29 is 10.2 Å². The lowest BCUT2D eigenvalue weighted by molar-refractivity contribution is 0.0678. The average Bonchev–Trinajstić information content (AvgIpc) is 2.39. The Balaban J connectivity index is 2.98. The summed E-state index contributed by atoms with van der Waals surface area (Å²) in [6, 6.07) is -0.0967. The first-order valence-electron chi connectivity index (χ1n) is 6.76. The lowest BCUT2D eigenvalue weighted by atomic mass is 9.80. The molecule has 104 valence electrons. The van der Waals surface area contributed by atoms with Crippen LogP contribution in [0.1, 0.15) is 26.7 Å². The molecule has 0 aromatic rings. The molecular weight excluding hydrogens is 228 g/mol. The van der Waals surface area contributed by atoms with E-state index in [1.165, 1.54) is 5.57 Å². The van der Waals surface area contributed by atoms with Crippen molar-refractivity contribution >= 4 is 0 Å². The minimum absolute atomic E-state index is 0.0761. The summed E-state index contributed by atoms with van der Waals surface area (Å²) in [5.41, 5.74) is 7.28. The molecule has 0 spiro atoms. The molecule has 0 bridgehead atoms. The van der Waals surface area contributed by atoms with Crippen molar-refractivity contribution in [1.82, 2.24) is 4.90 Å². The van der Waals surface area contributed by atoms with E-state index in [0.29, 0.717) is 13.1 Å². The molecular formula is C14H26N2O2. The van der Waals surface area contributed by atoms with Crippen LogP contribution in [0.3, 0.4) is 0 Å². The number of β-amino-alcohol motifs (C(OH)–C–C–N with tert-alkyl or cyclic N) is 2. The first-order valence-corrected chi connectivity index (χ1v) is 6.76. The first kappa shape index (κ1) is 15.4. The number of hydrogen-bond acceptors (Lipinski definition) is 4. The van der Waals surface area contributed by atoms with Crippen LogP contribution >= 0.6 is 0 Å². The maximum atomic E-state index is 9.18. The maximum absolute atomic E-state index is 9.18. The third kappa shape index (κ3) is 3.01. The van der Waals surface area contributed by atoms with Gasteiger partial charge in [-0.15, -0.1) is 0 Å². The number of rotatable bonds is 7. The molecule has 0 amide bonds. The summed E-state index contributed by atoms with van der Waals surface area (Å²) in [5.74, 6) is 0. The molecule has 18 heavy (non-hydrogen) atoms. The molecule has 2 unspecified atom stereocenters. The lowest BCUT2D eigenvalue weighted by Crippen LogP contribution is -2.60. The fraction of sp³-hybridized carbons (Fsp3) is 0.714. The van der Waals surface area contributed by atoms with E-state index in [1.807, 2.05) is 0 Å². The Morgan fingerprint density at radius 1 is 1.28 bits per heavy atom. The van der Waals surface area contributed by atoms with E-state index in [4.69, 9.17) is 5.73 Å². The summed E-state index contributed by atoms with van der Waals surface area (Å²) in [6.45, 7) is 5.42. The van der Waals surface area contributed by atoms with Crippen LogP contribution in [0.25, 0.3) is 0 Å². The number of aliphatic hydroxyl groups is 2. The number of nitrogens with two attached hydrogens (primary N) is 1. The highest BCUT2D eigenvalue weighted by atomic mass is 16.3. The van der Waals surface area contributed by atoms with E-state index in [1.54, 1.807) is 0 Å². The molecule has 2 atom stereocenters. The SMILES string of the molecule is CCC1=CC(N)C(CC)(N(CCO)CCO)C=C1. The molecule has 1 aliphatic rings. The molecule has 0 aliphatic heterocycles. The fourth-order valence-corrected chi connectivity index (χ4v) is 2.69. The van der Waals surface area contributed by atoms with Gasteiger partial charge in [0, 0.05) is 19.1 Å². The molecule has 0 heterocycles. The molecule has 4 nitrogen and oxygen atoms in total. The van der Waals surface area contributed by atoms with Crippen LogP contribution in [0.5, 0.6) is 0 Å². The number of aliphatic hydroxyl groups excluding tert-OH is 2. The zero-order valence-corrected chi connectivity index (χ0v) is 11.5. The van der Waals surface area contributed by atoms with E-state index in [0.717, 1.165) is 12.8 Å². The van der Waals surface area contributed by atoms with Crippen LogP contribution in [0, 0.1) is 0 Å². The number of hydrogen-bond donors (Lipinski definition) is 3. The maximum Gasteiger partial charge on any atom is 0.0581 e. The second-order valence-corrected chi connectivity index (χ2v) is 4.73.